The van der Waals surface area contributed by atoms with Crippen molar-refractivity contribution in [2.45, 2.75) is 88.4 Å². The van der Waals surface area contributed by atoms with Gasteiger partial charge in [0, 0.05) is 64.3 Å². The molecule has 12 heteroatoms. The van der Waals surface area contributed by atoms with Gasteiger partial charge in [-0.1, -0.05) is 6.92 Å². The van der Waals surface area contributed by atoms with E-state index in [0.29, 0.717) is 68.8 Å². The molecule has 2 saturated carbocycles. The van der Waals surface area contributed by atoms with Gasteiger partial charge < -0.3 is 29.7 Å². The van der Waals surface area contributed by atoms with Crippen molar-refractivity contribution in [2.75, 3.05) is 65.8 Å². The van der Waals surface area contributed by atoms with Crippen LogP contribution in [0, 0.1) is 23.7 Å². The third-order valence-electron chi connectivity index (χ3n) is 10.8. The minimum atomic E-state index is -0.589. The van der Waals surface area contributed by atoms with Crippen LogP contribution in [0.3, 0.4) is 0 Å². The van der Waals surface area contributed by atoms with Gasteiger partial charge in [-0.3, -0.25) is 30.9 Å². The number of hydrogen-bond acceptors (Lipinski definition) is 10. The average Bonchev–Trinajstić information content (AvgIpc) is 3.46. The van der Waals surface area contributed by atoms with Crippen molar-refractivity contribution in [2.24, 2.45) is 23.7 Å². The molecule has 0 bridgehead atoms. The molecule has 6 fully saturated rings. The van der Waals surface area contributed by atoms with E-state index in [9.17, 15) is 14.7 Å². The third-order valence-corrected chi connectivity index (χ3v) is 10.8. The molecule has 0 spiro atoms. The number of fused-ring (bicyclic) bond motifs is 1. The fourth-order valence-electron chi connectivity index (χ4n) is 8.01. The minimum Gasteiger partial charge on any atom is -0.390 e. The summed E-state index contributed by atoms with van der Waals surface area (Å²) in [6.45, 7) is 9.75. The highest BCUT2D eigenvalue weighted by Gasteiger charge is 2.42. The van der Waals surface area contributed by atoms with Crippen LogP contribution in [0.25, 0.3) is 0 Å². The molecule has 4 saturated heterocycles. The number of nitrogens with zero attached hydrogens (tertiary/aromatic N) is 2. The van der Waals surface area contributed by atoms with E-state index in [1.165, 1.54) is 6.42 Å². The van der Waals surface area contributed by atoms with Crippen LogP contribution in [0.2, 0.25) is 0 Å². The molecule has 0 aromatic carbocycles. The first-order valence-electron chi connectivity index (χ1n) is 16.6. The second-order valence-electron chi connectivity index (χ2n) is 13.7. The van der Waals surface area contributed by atoms with Gasteiger partial charge in [0.05, 0.1) is 43.9 Å². The van der Waals surface area contributed by atoms with E-state index < -0.39 is 6.10 Å². The maximum atomic E-state index is 12.9. The Kier molecular flexibility index (Phi) is 10.3. The molecule has 42 heavy (non-hydrogen) atoms. The number of rotatable bonds is 11. The lowest BCUT2D eigenvalue weighted by Gasteiger charge is -2.47. The normalized spacial score (nSPS) is 39.6. The van der Waals surface area contributed by atoms with Gasteiger partial charge in [0.1, 0.15) is 0 Å². The molecule has 4 heterocycles. The second kappa shape index (κ2) is 14.2. The van der Waals surface area contributed by atoms with Crippen molar-refractivity contribution >= 4 is 11.8 Å². The van der Waals surface area contributed by atoms with E-state index >= 15 is 0 Å². The lowest BCUT2D eigenvalue weighted by atomic mass is 9.68. The molecular formula is C30H53N7O5. The number of hydrogen-bond donors (Lipinski definition) is 6. The minimum absolute atomic E-state index is 0.0363. The van der Waals surface area contributed by atoms with Crippen molar-refractivity contribution in [3.63, 3.8) is 0 Å². The van der Waals surface area contributed by atoms with Gasteiger partial charge in [-0.2, -0.15) is 0 Å². The second-order valence-corrected chi connectivity index (χ2v) is 13.7. The van der Waals surface area contributed by atoms with E-state index in [2.05, 4.69) is 38.4 Å². The summed E-state index contributed by atoms with van der Waals surface area (Å²) in [5.74, 6) is 2.25. The highest BCUT2D eigenvalue weighted by Crippen LogP contribution is 2.41. The number of amides is 2. The van der Waals surface area contributed by atoms with Crippen LogP contribution < -0.4 is 26.6 Å². The Labute approximate surface area is 250 Å². The zero-order valence-electron chi connectivity index (χ0n) is 25.3. The molecule has 7 unspecified atom stereocenters. The summed E-state index contributed by atoms with van der Waals surface area (Å²) in [5, 5.41) is 27.2. The molecule has 4 aliphatic heterocycles. The van der Waals surface area contributed by atoms with Gasteiger partial charge in [-0.05, 0) is 62.8 Å². The van der Waals surface area contributed by atoms with E-state index in [-0.39, 0.29) is 36.7 Å². The SMILES string of the molecule is CC1C(OCC2CNCO2)CCC2CN(C[C@@H](O)CNC(=O)C3CC(NC4CC(C(=O)N5CCC5)C4)NCN3)CCC21. The molecule has 6 rings (SSSR count). The van der Waals surface area contributed by atoms with Crippen molar-refractivity contribution < 1.29 is 24.2 Å². The van der Waals surface area contributed by atoms with Crippen LogP contribution in [0.15, 0.2) is 0 Å². The summed E-state index contributed by atoms with van der Waals surface area (Å²) in [6.07, 6.45) is 6.84. The van der Waals surface area contributed by atoms with Crippen molar-refractivity contribution in [3.05, 3.63) is 0 Å². The molecule has 238 valence electrons. The van der Waals surface area contributed by atoms with Gasteiger partial charge in [-0.25, -0.2) is 0 Å². The molecule has 12 nitrogen and oxygen atoms in total. The zero-order chi connectivity index (χ0) is 29.1. The van der Waals surface area contributed by atoms with E-state index in [0.717, 1.165) is 64.8 Å². The summed E-state index contributed by atoms with van der Waals surface area (Å²) in [7, 11) is 0. The third kappa shape index (κ3) is 7.46. The summed E-state index contributed by atoms with van der Waals surface area (Å²) in [4.78, 5) is 29.7. The molecule has 0 aromatic heterocycles. The molecule has 2 aliphatic carbocycles. The number of ether oxygens (including phenoxy) is 2. The van der Waals surface area contributed by atoms with E-state index in [1.54, 1.807) is 0 Å². The standard InChI is InChI=1S/C30H53N7O5/c1-19-25-5-8-36(14-20(25)3-4-27(19)41-16-24-13-31-18-42-24)15-23(38)12-32-29(39)26-11-28(34-17-33-26)35-22-9-21(10-22)30(40)37-6-2-7-37/h19-28,31,33-35,38H,2-18H2,1H3,(H,32,39)/t19?,20?,21?,22?,23-,24?,25?,26?,27?,28?/m0/s1. The number of likely N-dealkylation sites (tertiary alicyclic amines) is 2. The summed E-state index contributed by atoms with van der Waals surface area (Å²) in [5.41, 5.74) is 0. The maximum absolute atomic E-state index is 12.9. The summed E-state index contributed by atoms with van der Waals surface area (Å²) >= 11 is 0. The molecular weight excluding hydrogens is 538 g/mol. The number of aliphatic hydroxyl groups excluding tert-OH is 1. The van der Waals surface area contributed by atoms with Gasteiger partial charge in [0.15, 0.2) is 0 Å². The Morgan fingerprint density at radius 3 is 2.74 bits per heavy atom. The van der Waals surface area contributed by atoms with Gasteiger partial charge in [0.25, 0.3) is 0 Å². The van der Waals surface area contributed by atoms with Crippen LogP contribution in [0.4, 0.5) is 0 Å². The molecule has 0 aromatic rings. The number of aliphatic hydroxyl groups is 1. The van der Waals surface area contributed by atoms with Gasteiger partial charge in [-0.15, -0.1) is 0 Å². The summed E-state index contributed by atoms with van der Waals surface area (Å²) in [6, 6.07) is 0.0146. The van der Waals surface area contributed by atoms with E-state index in [1.807, 2.05) is 4.90 Å². The Bertz CT molecular complexity index is 912. The van der Waals surface area contributed by atoms with Crippen LogP contribution in [0.1, 0.15) is 51.9 Å². The average molecular weight is 592 g/mol. The zero-order valence-corrected chi connectivity index (χ0v) is 25.3. The number of β-amino-alcohol motifs (C(OH)–C–C–N with tert-alkyl or cyclic N) is 1. The van der Waals surface area contributed by atoms with Crippen LogP contribution in [-0.2, 0) is 19.1 Å². The predicted molar refractivity (Wildman–Crippen MR) is 157 cm³/mol. The molecule has 2 amide bonds. The quantitative estimate of drug-likeness (QED) is 0.177. The largest absolute Gasteiger partial charge is 0.390 e. The molecule has 6 N–H and O–H groups in total. The lowest BCUT2D eigenvalue weighted by Crippen LogP contribution is -2.63. The molecule has 0 radical (unpaired) electrons. The van der Waals surface area contributed by atoms with Gasteiger partial charge in [0.2, 0.25) is 11.8 Å². The lowest BCUT2D eigenvalue weighted by molar-refractivity contribution is -0.142. The number of piperidine rings is 1. The monoisotopic (exact) mass is 591 g/mol. The maximum Gasteiger partial charge on any atom is 0.237 e. The highest BCUT2D eigenvalue weighted by molar-refractivity contribution is 5.82. The van der Waals surface area contributed by atoms with Crippen molar-refractivity contribution in [3.8, 4) is 0 Å². The highest BCUT2D eigenvalue weighted by atomic mass is 16.5. The van der Waals surface area contributed by atoms with Crippen molar-refractivity contribution in [1.29, 1.82) is 0 Å². The van der Waals surface area contributed by atoms with Gasteiger partial charge >= 0.3 is 0 Å². The number of carbonyl (C=O) groups excluding carboxylic acids is 2. The predicted octanol–water partition coefficient (Wildman–Crippen LogP) is -1.00. The molecule has 8 atom stereocenters. The topological polar surface area (TPSA) is 139 Å². The first-order chi connectivity index (χ1) is 20.4. The van der Waals surface area contributed by atoms with Crippen LogP contribution in [0.5, 0.6) is 0 Å². The number of nitrogens with one attached hydrogen (secondary N) is 5. The fourth-order valence-corrected chi connectivity index (χ4v) is 8.01. The fraction of sp³-hybridized carbons (Fsp3) is 0.933. The Balaban J connectivity index is 0.859. The first-order valence-corrected chi connectivity index (χ1v) is 16.6. The van der Waals surface area contributed by atoms with E-state index in [4.69, 9.17) is 9.47 Å². The first kappa shape index (κ1) is 30.6. The number of carbonyl (C=O) groups is 2. The Hall–Kier alpha value is -1.38. The van der Waals surface area contributed by atoms with Crippen LogP contribution >= 0.6 is 0 Å². The van der Waals surface area contributed by atoms with Crippen molar-refractivity contribution in [1.82, 2.24) is 36.4 Å². The Morgan fingerprint density at radius 1 is 1.12 bits per heavy atom. The Morgan fingerprint density at radius 2 is 1.98 bits per heavy atom. The smallest absolute Gasteiger partial charge is 0.237 e. The van der Waals surface area contributed by atoms with Crippen LogP contribution in [-0.4, -0.2) is 129 Å². The molecule has 6 aliphatic rings. The summed E-state index contributed by atoms with van der Waals surface area (Å²) < 4.78 is 11.9.